The molecule has 10 aromatic rings. The van der Waals surface area contributed by atoms with Crippen LogP contribution in [0.1, 0.15) is 74.9 Å². The number of benzene rings is 8. The van der Waals surface area contributed by atoms with Crippen molar-refractivity contribution in [2.24, 2.45) is 0 Å². The van der Waals surface area contributed by atoms with Gasteiger partial charge in [0, 0.05) is 38.4 Å². The zero-order valence-corrected chi connectivity index (χ0v) is 35.5. The monoisotopic (exact) mass is 784 g/mol. The molecule has 3 aliphatic heterocycles. The molecule has 4 heteroatoms. The summed E-state index contributed by atoms with van der Waals surface area (Å²) in [5, 5.41) is 4.95. The smallest absolute Gasteiger partial charge is 0.333 e. The quantitative estimate of drug-likeness (QED) is 0.163. The van der Waals surface area contributed by atoms with Crippen LogP contribution in [0.4, 0.5) is 17.1 Å². The molecule has 13 rings (SSSR count). The summed E-state index contributed by atoms with van der Waals surface area (Å²) in [5.74, 6) is 0. The Morgan fingerprint density at radius 2 is 1.16 bits per heavy atom. The lowest BCUT2D eigenvalue weighted by atomic mass is 9.43. The summed E-state index contributed by atoms with van der Waals surface area (Å²) in [5.41, 5.74) is 20.4. The third-order valence-electron chi connectivity index (χ3n) is 14.3. The minimum Gasteiger partial charge on any atom is -0.456 e. The van der Waals surface area contributed by atoms with E-state index in [-0.39, 0.29) is 17.7 Å². The Kier molecular flexibility index (Phi) is 6.74. The van der Waals surface area contributed by atoms with E-state index in [4.69, 9.17) is 4.42 Å². The first-order valence-electron chi connectivity index (χ1n) is 21.8. The second-order valence-electron chi connectivity index (χ2n) is 19.7. The van der Waals surface area contributed by atoms with Gasteiger partial charge in [-0.3, -0.25) is 0 Å². The van der Waals surface area contributed by atoms with Gasteiger partial charge in [0.05, 0.1) is 22.2 Å². The summed E-state index contributed by atoms with van der Waals surface area (Å²) < 4.78 is 9.70. The molecule has 0 amide bonds. The molecule has 0 fully saturated rings. The normalized spacial score (nSPS) is 14.8. The zero-order valence-electron chi connectivity index (χ0n) is 35.5. The molecule has 61 heavy (non-hydrogen) atoms. The number of hydrogen-bond donors (Lipinski definition) is 0. The van der Waals surface area contributed by atoms with Gasteiger partial charge in [-0.25, -0.2) is 0 Å². The van der Waals surface area contributed by atoms with Crippen molar-refractivity contribution in [2.75, 3.05) is 4.90 Å². The summed E-state index contributed by atoms with van der Waals surface area (Å²) >= 11 is 0. The fourth-order valence-electron chi connectivity index (χ4n) is 11.6. The Morgan fingerprint density at radius 1 is 0.508 bits per heavy atom. The predicted molar refractivity (Wildman–Crippen MR) is 257 cm³/mol. The lowest BCUT2D eigenvalue weighted by Gasteiger charge is -2.50. The zero-order chi connectivity index (χ0) is 41.2. The van der Waals surface area contributed by atoms with Crippen LogP contribution >= 0.6 is 0 Å². The highest BCUT2D eigenvalue weighted by molar-refractivity contribution is 6.90. The molecule has 0 N–H and O–H groups in total. The van der Waals surface area contributed by atoms with Crippen LogP contribution in [0.25, 0.3) is 54.9 Å². The van der Waals surface area contributed by atoms with Gasteiger partial charge in [-0.05, 0) is 103 Å². The largest absolute Gasteiger partial charge is 0.456 e. The van der Waals surface area contributed by atoms with Crippen molar-refractivity contribution in [3.63, 3.8) is 0 Å². The third kappa shape index (κ3) is 4.40. The number of hydrogen-bond acceptors (Lipinski definition) is 2. The van der Waals surface area contributed by atoms with E-state index in [0.29, 0.717) is 0 Å². The highest BCUT2D eigenvalue weighted by Gasteiger charge is 2.53. The summed E-state index contributed by atoms with van der Waals surface area (Å²) in [6.07, 6.45) is 0. The SMILES string of the molecule is CC(C)(C)c1ccc2c(c1)c1cc(C(C)(C)C)cc3c1n2B1c2cccc4c2N(c2ccccc2C4(c2ccccc2)c2ccccc2)c2c1c-3cc1oc3ccccc3c21. The molecule has 0 atom stereocenters. The highest BCUT2D eigenvalue weighted by Crippen LogP contribution is 2.60. The van der Waals surface area contributed by atoms with Crippen LogP contribution in [-0.4, -0.2) is 11.3 Å². The molecule has 0 saturated carbocycles. The van der Waals surface area contributed by atoms with Crippen molar-refractivity contribution in [1.82, 2.24) is 4.48 Å². The molecule has 0 unspecified atom stereocenters. The van der Waals surface area contributed by atoms with Crippen molar-refractivity contribution in [2.45, 2.75) is 57.8 Å². The Bertz CT molecular complexity index is 3470. The lowest BCUT2D eigenvalue weighted by molar-refractivity contribution is 0.590. The highest BCUT2D eigenvalue weighted by atomic mass is 16.3. The maximum absolute atomic E-state index is 6.98. The molecule has 0 radical (unpaired) electrons. The van der Waals surface area contributed by atoms with E-state index in [2.05, 4.69) is 215 Å². The van der Waals surface area contributed by atoms with E-state index in [1.165, 1.54) is 99.7 Å². The molecule has 8 aromatic carbocycles. The van der Waals surface area contributed by atoms with Crippen LogP contribution < -0.4 is 15.8 Å². The van der Waals surface area contributed by atoms with Crippen molar-refractivity contribution in [3.8, 4) is 11.1 Å². The Morgan fingerprint density at radius 3 is 1.90 bits per heavy atom. The minimum atomic E-state index is -0.586. The summed E-state index contributed by atoms with van der Waals surface area (Å²) in [6, 6.07) is 62.0. The third-order valence-corrected chi connectivity index (χ3v) is 14.3. The van der Waals surface area contributed by atoms with E-state index < -0.39 is 5.41 Å². The maximum Gasteiger partial charge on any atom is 0.333 e. The minimum absolute atomic E-state index is 0.00433. The van der Waals surface area contributed by atoms with Crippen molar-refractivity contribution < 1.29 is 4.42 Å². The van der Waals surface area contributed by atoms with Crippen molar-refractivity contribution >= 4 is 78.6 Å². The molecule has 3 nitrogen and oxygen atoms in total. The van der Waals surface area contributed by atoms with Gasteiger partial charge in [0.1, 0.15) is 11.2 Å². The number of furan rings is 1. The average Bonchev–Trinajstić information content (AvgIpc) is 3.81. The van der Waals surface area contributed by atoms with Crippen LogP contribution in [0.5, 0.6) is 0 Å². The second kappa shape index (κ2) is 11.7. The van der Waals surface area contributed by atoms with Gasteiger partial charge in [0.25, 0.3) is 0 Å². The van der Waals surface area contributed by atoms with Gasteiger partial charge >= 0.3 is 6.85 Å². The van der Waals surface area contributed by atoms with E-state index in [1.54, 1.807) is 0 Å². The molecule has 2 aromatic heterocycles. The number of para-hydroxylation sites is 3. The number of fused-ring (bicyclic) bond motifs is 13. The van der Waals surface area contributed by atoms with Crippen LogP contribution in [0.2, 0.25) is 0 Å². The van der Waals surface area contributed by atoms with E-state index in [9.17, 15) is 0 Å². The standard InChI is InChI=1S/C57H45BN2O/c1-55(2,3)36-28-29-46-39(30-36)41-31-37(56(4,5)6)32-42-40-33-49-50(38-22-13-16-27-48(38)61-49)54-51(40)58(60(46)52(41)42)45-25-17-24-44-53(45)59(54)47-26-15-14-23-43(47)57(44,34-18-9-7-10-19-34)35-20-11-8-12-21-35/h7-33H,1-6H3. The maximum atomic E-state index is 6.98. The molecule has 0 spiro atoms. The fourth-order valence-corrected chi connectivity index (χ4v) is 11.6. The summed E-state index contributed by atoms with van der Waals surface area (Å²) in [6.45, 7) is 13.9. The van der Waals surface area contributed by atoms with Crippen LogP contribution in [0.15, 0.2) is 168 Å². The van der Waals surface area contributed by atoms with E-state index in [0.717, 1.165) is 16.6 Å². The van der Waals surface area contributed by atoms with Gasteiger partial charge in [-0.15, -0.1) is 0 Å². The van der Waals surface area contributed by atoms with Crippen LogP contribution in [0, 0.1) is 0 Å². The number of aromatic nitrogens is 1. The number of nitrogens with zero attached hydrogens (tertiary/aromatic N) is 2. The molecule has 0 saturated heterocycles. The fraction of sp³-hybridized carbons (Fsp3) is 0.158. The average molecular weight is 785 g/mol. The molecule has 292 valence electrons. The summed E-state index contributed by atoms with van der Waals surface area (Å²) in [7, 11) is 0. The van der Waals surface area contributed by atoms with Gasteiger partial charge < -0.3 is 13.8 Å². The van der Waals surface area contributed by atoms with Crippen molar-refractivity contribution in [1.29, 1.82) is 0 Å². The first-order valence-corrected chi connectivity index (χ1v) is 21.8. The van der Waals surface area contributed by atoms with E-state index in [1.807, 2.05) is 0 Å². The number of rotatable bonds is 2. The molecule has 3 aliphatic rings. The van der Waals surface area contributed by atoms with Gasteiger partial charge in [0.15, 0.2) is 0 Å². The molecular weight excluding hydrogens is 739 g/mol. The van der Waals surface area contributed by atoms with Crippen LogP contribution in [0.3, 0.4) is 0 Å². The Hall–Kier alpha value is -6.78. The molecular formula is C57H45BN2O. The molecule has 0 aliphatic carbocycles. The van der Waals surface area contributed by atoms with Crippen molar-refractivity contribution in [3.05, 3.63) is 197 Å². The van der Waals surface area contributed by atoms with Gasteiger partial charge in [0.2, 0.25) is 0 Å². The van der Waals surface area contributed by atoms with Gasteiger partial charge in [-0.1, -0.05) is 163 Å². The van der Waals surface area contributed by atoms with Gasteiger partial charge in [-0.2, -0.15) is 0 Å². The summed E-state index contributed by atoms with van der Waals surface area (Å²) in [4.78, 5) is 2.64. The number of anilines is 3. The Labute approximate surface area is 357 Å². The van der Waals surface area contributed by atoms with E-state index >= 15 is 0 Å². The molecule has 0 bridgehead atoms. The second-order valence-corrected chi connectivity index (χ2v) is 19.7. The van der Waals surface area contributed by atoms with Crippen LogP contribution in [-0.2, 0) is 16.2 Å². The first-order chi connectivity index (χ1) is 29.5. The first kappa shape index (κ1) is 35.0. The lowest BCUT2D eigenvalue weighted by Crippen LogP contribution is -2.58. The predicted octanol–water partition coefficient (Wildman–Crippen LogP) is 13.4. The Balaban J connectivity index is 1.27. The topological polar surface area (TPSA) is 21.3 Å². The molecule has 5 heterocycles.